The minimum absolute atomic E-state index is 0.261. The van der Waals surface area contributed by atoms with Crippen molar-refractivity contribution in [2.45, 2.75) is 6.92 Å². The van der Waals surface area contributed by atoms with Gasteiger partial charge in [0.2, 0.25) is 0 Å². The van der Waals surface area contributed by atoms with Gasteiger partial charge in [-0.3, -0.25) is 0 Å². The maximum atomic E-state index is 9.23. The van der Waals surface area contributed by atoms with E-state index in [9.17, 15) is 5.11 Å². The van der Waals surface area contributed by atoms with Gasteiger partial charge in [-0.15, -0.1) is 0 Å². The van der Waals surface area contributed by atoms with Gasteiger partial charge in [-0.1, -0.05) is 41.7 Å². The Bertz CT molecular complexity index is 818. The molecule has 3 rings (SSSR count). The summed E-state index contributed by atoms with van der Waals surface area (Å²) in [5, 5.41) is 11.7. The number of phenols is 1. The number of fused-ring (bicyclic) bond motifs is 1. The number of aromatic hydroxyl groups is 1. The summed E-state index contributed by atoms with van der Waals surface area (Å²) in [6.45, 7) is 2.10. The fourth-order valence-corrected chi connectivity index (χ4v) is 2.13. The molecular formula is C19H14O. The standard InChI is InChI=1S/C19H14O/c1-14-2-8-18-13-16(5-9-17(18)12-14)4-3-15-6-10-19(20)11-7-15/h2,5-13,20H,1H3. The van der Waals surface area contributed by atoms with Gasteiger partial charge in [0.25, 0.3) is 0 Å². The van der Waals surface area contributed by atoms with Crippen LogP contribution in [0.4, 0.5) is 0 Å². The average molecular weight is 258 g/mol. The van der Waals surface area contributed by atoms with E-state index in [1.807, 2.05) is 18.2 Å². The van der Waals surface area contributed by atoms with E-state index in [0.29, 0.717) is 0 Å². The molecule has 0 amide bonds. The minimum Gasteiger partial charge on any atom is -0.508 e. The minimum atomic E-state index is 0.261. The van der Waals surface area contributed by atoms with Crippen LogP contribution >= 0.6 is 0 Å². The molecule has 0 fully saturated rings. The predicted octanol–water partition coefficient (Wildman–Crippen LogP) is 4.25. The zero-order valence-corrected chi connectivity index (χ0v) is 11.2. The van der Waals surface area contributed by atoms with E-state index in [-0.39, 0.29) is 5.75 Å². The monoisotopic (exact) mass is 258 g/mol. The maximum absolute atomic E-state index is 9.23. The van der Waals surface area contributed by atoms with Crippen molar-refractivity contribution in [3.63, 3.8) is 0 Å². The quantitative estimate of drug-likeness (QED) is 0.597. The lowest BCUT2D eigenvalue weighted by molar-refractivity contribution is 0.475. The summed E-state index contributed by atoms with van der Waals surface area (Å²) in [5.74, 6) is 6.52. The van der Waals surface area contributed by atoms with E-state index in [1.165, 1.54) is 16.3 Å². The van der Waals surface area contributed by atoms with Gasteiger partial charge in [-0.05, 0) is 54.1 Å². The molecule has 0 saturated heterocycles. The predicted molar refractivity (Wildman–Crippen MR) is 82.8 cm³/mol. The van der Waals surface area contributed by atoms with Crippen molar-refractivity contribution < 1.29 is 5.11 Å². The highest BCUT2D eigenvalue weighted by Gasteiger charge is 1.95. The lowest BCUT2D eigenvalue weighted by atomic mass is 10.0. The third kappa shape index (κ3) is 2.65. The van der Waals surface area contributed by atoms with Gasteiger partial charge < -0.3 is 5.11 Å². The lowest BCUT2D eigenvalue weighted by Gasteiger charge is -2.00. The molecule has 1 nitrogen and oxygen atoms in total. The summed E-state index contributed by atoms with van der Waals surface area (Å²) in [6.07, 6.45) is 0. The molecule has 1 N–H and O–H groups in total. The second-order valence-corrected chi connectivity index (χ2v) is 4.86. The van der Waals surface area contributed by atoms with Crippen LogP contribution in [0.3, 0.4) is 0 Å². The number of aryl methyl sites for hydroxylation is 1. The van der Waals surface area contributed by atoms with Crippen LogP contribution in [0.2, 0.25) is 0 Å². The van der Waals surface area contributed by atoms with Crippen molar-refractivity contribution in [3.8, 4) is 17.6 Å². The van der Waals surface area contributed by atoms with Gasteiger partial charge in [0, 0.05) is 11.1 Å². The number of hydrogen-bond donors (Lipinski definition) is 1. The van der Waals surface area contributed by atoms with E-state index in [0.717, 1.165) is 11.1 Å². The molecule has 1 heteroatoms. The molecule has 0 unspecified atom stereocenters. The van der Waals surface area contributed by atoms with Gasteiger partial charge in [-0.25, -0.2) is 0 Å². The van der Waals surface area contributed by atoms with Crippen LogP contribution in [0.5, 0.6) is 5.75 Å². The van der Waals surface area contributed by atoms with Crippen molar-refractivity contribution in [1.82, 2.24) is 0 Å². The molecule has 0 atom stereocenters. The summed E-state index contributed by atoms with van der Waals surface area (Å²) in [7, 11) is 0. The first kappa shape index (κ1) is 12.3. The average Bonchev–Trinajstić information content (AvgIpc) is 2.46. The molecule has 0 aliphatic carbocycles. The summed E-state index contributed by atoms with van der Waals surface area (Å²) in [5.41, 5.74) is 3.15. The highest BCUT2D eigenvalue weighted by atomic mass is 16.3. The molecule has 0 radical (unpaired) electrons. The van der Waals surface area contributed by atoms with Crippen molar-refractivity contribution in [1.29, 1.82) is 0 Å². The highest BCUT2D eigenvalue weighted by molar-refractivity contribution is 5.84. The van der Waals surface area contributed by atoms with Crippen LogP contribution in [-0.4, -0.2) is 5.11 Å². The molecule has 0 bridgehead atoms. The molecule has 0 spiro atoms. The molecular weight excluding hydrogens is 244 g/mol. The van der Waals surface area contributed by atoms with Crippen LogP contribution in [-0.2, 0) is 0 Å². The normalized spacial score (nSPS) is 10.1. The molecule has 20 heavy (non-hydrogen) atoms. The fourth-order valence-electron chi connectivity index (χ4n) is 2.13. The first-order chi connectivity index (χ1) is 9.70. The SMILES string of the molecule is Cc1ccc2cc(C#Cc3ccc(O)cc3)ccc2c1. The molecule has 0 saturated carbocycles. The molecule has 3 aromatic carbocycles. The Balaban J connectivity index is 1.95. The van der Waals surface area contributed by atoms with Crippen molar-refractivity contribution in [2.24, 2.45) is 0 Å². The summed E-state index contributed by atoms with van der Waals surface area (Å²) < 4.78 is 0. The first-order valence-electron chi connectivity index (χ1n) is 6.52. The number of phenolic OH excluding ortho intramolecular Hbond substituents is 1. The number of benzene rings is 3. The summed E-state index contributed by atoms with van der Waals surface area (Å²) in [4.78, 5) is 0. The van der Waals surface area contributed by atoms with Crippen LogP contribution in [0, 0.1) is 18.8 Å². The van der Waals surface area contributed by atoms with E-state index < -0.39 is 0 Å². The Morgan fingerprint density at radius 1 is 0.700 bits per heavy atom. The zero-order chi connectivity index (χ0) is 13.9. The Morgan fingerprint density at radius 2 is 1.30 bits per heavy atom. The first-order valence-corrected chi connectivity index (χ1v) is 6.52. The molecule has 0 aliphatic rings. The lowest BCUT2D eigenvalue weighted by Crippen LogP contribution is -1.79. The van der Waals surface area contributed by atoms with Crippen LogP contribution in [0.1, 0.15) is 16.7 Å². The number of hydrogen-bond acceptors (Lipinski definition) is 1. The Labute approximate surface area is 118 Å². The second-order valence-electron chi connectivity index (χ2n) is 4.86. The van der Waals surface area contributed by atoms with Crippen LogP contribution in [0.15, 0.2) is 60.7 Å². The van der Waals surface area contributed by atoms with Crippen molar-refractivity contribution in [2.75, 3.05) is 0 Å². The van der Waals surface area contributed by atoms with Crippen molar-refractivity contribution in [3.05, 3.63) is 77.4 Å². The fraction of sp³-hybridized carbons (Fsp3) is 0.0526. The van der Waals surface area contributed by atoms with E-state index in [4.69, 9.17) is 0 Å². The van der Waals surface area contributed by atoms with Crippen LogP contribution in [0.25, 0.3) is 10.8 Å². The van der Waals surface area contributed by atoms with Crippen LogP contribution < -0.4 is 0 Å². The maximum Gasteiger partial charge on any atom is 0.115 e. The highest BCUT2D eigenvalue weighted by Crippen LogP contribution is 2.17. The molecule has 0 aliphatic heterocycles. The van der Waals surface area contributed by atoms with E-state index in [1.54, 1.807) is 12.1 Å². The Hall–Kier alpha value is -2.72. The Kier molecular flexibility index (Phi) is 3.15. The van der Waals surface area contributed by atoms with Gasteiger partial charge in [0.05, 0.1) is 0 Å². The topological polar surface area (TPSA) is 20.2 Å². The molecule has 0 heterocycles. The van der Waals surface area contributed by atoms with Gasteiger partial charge in [-0.2, -0.15) is 0 Å². The summed E-state index contributed by atoms with van der Waals surface area (Å²) >= 11 is 0. The van der Waals surface area contributed by atoms with Gasteiger partial charge in [0.1, 0.15) is 5.75 Å². The second kappa shape index (κ2) is 5.11. The summed E-state index contributed by atoms with van der Waals surface area (Å²) in [6, 6.07) is 19.6. The molecule has 0 aromatic heterocycles. The smallest absolute Gasteiger partial charge is 0.115 e. The third-order valence-electron chi connectivity index (χ3n) is 3.21. The number of rotatable bonds is 0. The molecule has 96 valence electrons. The van der Waals surface area contributed by atoms with E-state index in [2.05, 4.69) is 49.1 Å². The van der Waals surface area contributed by atoms with Crippen molar-refractivity contribution >= 4 is 10.8 Å². The molecule has 3 aromatic rings. The third-order valence-corrected chi connectivity index (χ3v) is 3.21. The van der Waals surface area contributed by atoms with Gasteiger partial charge in [0.15, 0.2) is 0 Å². The van der Waals surface area contributed by atoms with E-state index >= 15 is 0 Å². The zero-order valence-electron chi connectivity index (χ0n) is 11.2. The largest absolute Gasteiger partial charge is 0.508 e. The Morgan fingerprint density at radius 3 is 2.10 bits per heavy atom. The van der Waals surface area contributed by atoms with Gasteiger partial charge >= 0.3 is 0 Å².